The molecule has 0 radical (unpaired) electrons. The van der Waals surface area contributed by atoms with Crippen LogP contribution in [0.1, 0.15) is 6.92 Å². The quantitative estimate of drug-likeness (QED) is 0.390. The third kappa shape index (κ3) is 5.90. The molecule has 0 heterocycles. The molecule has 0 bridgehead atoms. The topological polar surface area (TPSA) is 69.9 Å². The molecule has 0 amide bonds. The second kappa shape index (κ2) is 3.85. The van der Waals surface area contributed by atoms with Gasteiger partial charge in [0.15, 0.2) is 0 Å². The smallest absolute Gasteiger partial charge is 0.402 e. The lowest BCUT2D eigenvalue weighted by Gasteiger charge is -2.02. The van der Waals surface area contributed by atoms with Crippen LogP contribution in [0.4, 0.5) is 0 Å². The van der Waals surface area contributed by atoms with Gasteiger partial charge in [0, 0.05) is 0 Å². The van der Waals surface area contributed by atoms with Crippen molar-refractivity contribution in [2.45, 2.75) is 13.0 Å². The highest BCUT2D eigenvalue weighted by Crippen LogP contribution is 1.81. The Kier molecular flexibility index (Phi) is 3.81. The van der Waals surface area contributed by atoms with Crippen molar-refractivity contribution in [1.29, 1.82) is 0 Å². The van der Waals surface area contributed by atoms with Crippen molar-refractivity contribution in [2.75, 3.05) is 6.61 Å². The molecule has 3 N–H and O–H groups in total. The lowest BCUT2D eigenvalue weighted by molar-refractivity contribution is 0.0880. The minimum absolute atomic E-state index is 0.0579. The van der Waals surface area contributed by atoms with Crippen molar-refractivity contribution in [2.24, 2.45) is 0 Å². The average Bonchev–Trinajstić information content (AvgIpc) is 1.61. The van der Waals surface area contributed by atoms with Gasteiger partial charge in [0.05, 0.1) is 12.7 Å². The lowest BCUT2D eigenvalue weighted by Crippen LogP contribution is -2.22. The maximum absolute atomic E-state index is 8.45. The van der Waals surface area contributed by atoms with E-state index in [2.05, 4.69) is 4.65 Å². The second-order valence-corrected chi connectivity index (χ2v) is 1.51. The van der Waals surface area contributed by atoms with E-state index < -0.39 is 13.4 Å². The fourth-order valence-electron chi connectivity index (χ4n) is 0.225. The Morgan fingerprint density at radius 2 is 2.12 bits per heavy atom. The van der Waals surface area contributed by atoms with Crippen LogP contribution >= 0.6 is 0 Å². The summed E-state index contributed by atoms with van der Waals surface area (Å²) in [5, 5.41) is 24.5. The summed E-state index contributed by atoms with van der Waals surface area (Å²) in [5.41, 5.74) is 0. The summed E-state index contributed by atoms with van der Waals surface area (Å²) in [4.78, 5) is 0. The molecule has 0 aliphatic heterocycles. The van der Waals surface area contributed by atoms with Crippen LogP contribution in [0, 0.1) is 0 Å². The van der Waals surface area contributed by atoms with Gasteiger partial charge in [0.2, 0.25) is 0 Å². The summed E-state index contributed by atoms with van der Waals surface area (Å²) in [5.74, 6) is 0. The van der Waals surface area contributed by atoms with Crippen LogP contribution in [-0.4, -0.2) is 35.2 Å². The summed E-state index contributed by atoms with van der Waals surface area (Å²) in [7, 11) is -1.77. The van der Waals surface area contributed by atoms with Crippen LogP contribution in [0.15, 0.2) is 0 Å². The zero-order chi connectivity index (χ0) is 6.57. The van der Waals surface area contributed by atoms with Crippen LogP contribution in [-0.2, 0) is 4.65 Å². The molecular weight excluding hydrogens is 111 g/mol. The van der Waals surface area contributed by atoms with Crippen molar-refractivity contribution in [3.63, 3.8) is 0 Å². The molecule has 1 unspecified atom stereocenters. The van der Waals surface area contributed by atoms with Gasteiger partial charge in [-0.2, -0.15) is 0 Å². The van der Waals surface area contributed by atoms with E-state index in [0.29, 0.717) is 0 Å². The molecule has 5 heteroatoms. The van der Waals surface area contributed by atoms with Gasteiger partial charge in [-0.25, -0.2) is 0 Å². The van der Waals surface area contributed by atoms with E-state index >= 15 is 0 Å². The third-order valence-corrected chi connectivity index (χ3v) is 0.486. The van der Waals surface area contributed by atoms with Crippen molar-refractivity contribution < 1.29 is 19.8 Å². The normalized spacial score (nSPS) is 13.5. The Morgan fingerprint density at radius 1 is 1.62 bits per heavy atom. The first-order valence-corrected chi connectivity index (χ1v) is 2.28. The van der Waals surface area contributed by atoms with Gasteiger partial charge < -0.3 is 19.8 Å². The fraction of sp³-hybridized carbons (Fsp3) is 1.00. The van der Waals surface area contributed by atoms with Gasteiger partial charge >= 0.3 is 7.32 Å². The van der Waals surface area contributed by atoms with Gasteiger partial charge in [-0.05, 0) is 6.92 Å². The minimum atomic E-state index is -1.77. The Hall–Kier alpha value is -0.0951. The van der Waals surface area contributed by atoms with E-state index in [4.69, 9.17) is 15.2 Å². The Labute approximate surface area is 47.9 Å². The highest BCUT2D eigenvalue weighted by molar-refractivity contribution is 6.32. The van der Waals surface area contributed by atoms with Crippen LogP contribution in [0.2, 0.25) is 0 Å². The van der Waals surface area contributed by atoms with Gasteiger partial charge in [-0.1, -0.05) is 0 Å². The maximum Gasteiger partial charge on any atom is 0.633 e. The summed E-state index contributed by atoms with van der Waals surface area (Å²) in [6.07, 6.45) is -0.656. The first-order valence-electron chi connectivity index (χ1n) is 2.28. The van der Waals surface area contributed by atoms with Crippen molar-refractivity contribution in [3.05, 3.63) is 0 Å². The van der Waals surface area contributed by atoms with Crippen LogP contribution in [0.25, 0.3) is 0 Å². The van der Waals surface area contributed by atoms with E-state index in [0.717, 1.165) is 0 Å². The number of hydrogen-bond donors (Lipinski definition) is 3. The molecule has 0 aromatic carbocycles. The van der Waals surface area contributed by atoms with Crippen LogP contribution < -0.4 is 0 Å². The molecule has 0 aromatic rings. The maximum atomic E-state index is 8.45. The molecular formula is C3H9BO4. The first-order chi connectivity index (χ1) is 3.63. The predicted molar refractivity (Wildman–Crippen MR) is 27.8 cm³/mol. The third-order valence-electron chi connectivity index (χ3n) is 0.486. The highest BCUT2D eigenvalue weighted by Gasteiger charge is 2.08. The van der Waals surface area contributed by atoms with Gasteiger partial charge in [0.1, 0.15) is 0 Å². The number of aliphatic hydroxyl groups excluding tert-OH is 1. The lowest BCUT2D eigenvalue weighted by atomic mass is 10.2. The average molecular weight is 120 g/mol. The zero-order valence-electron chi connectivity index (χ0n) is 4.61. The SMILES string of the molecule is CC(O)COB(O)O. The minimum Gasteiger partial charge on any atom is -0.402 e. The van der Waals surface area contributed by atoms with Crippen molar-refractivity contribution in [1.82, 2.24) is 0 Å². The molecule has 0 saturated heterocycles. The number of aliphatic hydroxyl groups is 1. The summed E-state index contributed by atoms with van der Waals surface area (Å²) < 4.78 is 4.16. The van der Waals surface area contributed by atoms with Crippen LogP contribution in [0.5, 0.6) is 0 Å². The summed E-state index contributed by atoms with van der Waals surface area (Å²) in [6.45, 7) is 1.43. The molecule has 0 aliphatic rings. The molecule has 0 spiro atoms. The number of hydrogen-bond acceptors (Lipinski definition) is 4. The Balaban J connectivity index is 2.93. The van der Waals surface area contributed by atoms with Crippen molar-refractivity contribution in [3.8, 4) is 0 Å². The molecule has 0 aromatic heterocycles. The molecule has 8 heavy (non-hydrogen) atoms. The van der Waals surface area contributed by atoms with E-state index in [9.17, 15) is 0 Å². The van der Waals surface area contributed by atoms with Gasteiger partial charge in [-0.15, -0.1) is 0 Å². The van der Waals surface area contributed by atoms with Crippen molar-refractivity contribution >= 4 is 7.32 Å². The Morgan fingerprint density at radius 3 is 2.25 bits per heavy atom. The predicted octanol–water partition coefficient (Wildman–Crippen LogP) is -1.65. The Bertz CT molecular complexity index is 47.2. The van der Waals surface area contributed by atoms with E-state index in [-0.39, 0.29) is 6.61 Å². The summed E-state index contributed by atoms with van der Waals surface area (Å²) >= 11 is 0. The molecule has 4 nitrogen and oxygen atoms in total. The van der Waals surface area contributed by atoms with Crippen LogP contribution in [0.3, 0.4) is 0 Å². The monoisotopic (exact) mass is 120 g/mol. The molecule has 1 atom stereocenters. The summed E-state index contributed by atoms with van der Waals surface area (Å²) in [6, 6.07) is 0. The van der Waals surface area contributed by atoms with E-state index in [1.54, 1.807) is 0 Å². The fourth-order valence-corrected chi connectivity index (χ4v) is 0.225. The standard InChI is InChI=1S/C3H9BO4/c1-3(5)2-8-4(6)7/h3,5-7H,2H2,1H3. The molecule has 0 saturated carbocycles. The van der Waals surface area contributed by atoms with E-state index in [1.807, 2.05) is 0 Å². The van der Waals surface area contributed by atoms with E-state index in [1.165, 1.54) is 6.92 Å². The molecule has 48 valence electrons. The number of rotatable bonds is 3. The molecule has 0 rings (SSSR count). The highest BCUT2D eigenvalue weighted by atomic mass is 16.6. The molecule has 0 fully saturated rings. The zero-order valence-corrected chi connectivity index (χ0v) is 4.61. The first kappa shape index (κ1) is 7.90. The second-order valence-electron chi connectivity index (χ2n) is 1.51. The largest absolute Gasteiger partial charge is 0.633 e. The molecule has 0 aliphatic carbocycles. The van der Waals surface area contributed by atoms with Gasteiger partial charge in [-0.3, -0.25) is 0 Å². The van der Waals surface area contributed by atoms with Gasteiger partial charge in [0.25, 0.3) is 0 Å².